The standard InChI is InChI=1S/C9H11ClOS/c1-8-3-2-4-9(7-8)12(11)6-5-10/h2-4,7H,5-6H2,1H3. The van der Waals surface area contributed by atoms with Gasteiger partial charge in [0.2, 0.25) is 0 Å². The summed E-state index contributed by atoms with van der Waals surface area (Å²) < 4.78 is 11.4. The summed E-state index contributed by atoms with van der Waals surface area (Å²) in [5.41, 5.74) is 1.13. The van der Waals surface area contributed by atoms with Gasteiger partial charge < -0.3 is 0 Å². The van der Waals surface area contributed by atoms with Crippen molar-refractivity contribution >= 4 is 22.4 Å². The largest absolute Gasteiger partial charge is 0.254 e. The summed E-state index contributed by atoms with van der Waals surface area (Å²) in [6, 6.07) is 7.70. The molecule has 0 amide bonds. The Bertz CT molecular complexity index is 286. The number of halogens is 1. The number of hydrogen-bond acceptors (Lipinski definition) is 1. The third-order valence-corrected chi connectivity index (χ3v) is 3.28. The second-order valence-electron chi connectivity index (χ2n) is 2.56. The number of rotatable bonds is 3. The number of benzene rings is 1. The fourth-order valence-corrected chi connectivity index (χ4v) is 2.29. The molecule has 0 aromatic heterocycles. The topological polar surface area (TPSA) is 17.1 Å². The molecule has 1 atom stereocenters. The zero-order chi connectivity index (χ0) is 8.97. The minimum Gasteiger partial charge on any atom is -0.254 e. The minimum atomic E-state index is -0.926. The van der Waals surface area contributed by atoms with Crippen LogP contribution in [-0.2, 0) is 10.8 Å². The zero-order valence-corrected chi connectivity index (χ0v) is 8.49. The highest BCUT2D eigenvalue weighted by atomic mass is 35.5. The van der Waals surface area contributed by atoms with E-state index in [1.807, 2.05) is 31.2 Å². The SMILES string of the molecule is Cc1cccc(S(=O)CCCl)c1. The first-order valence-electron chi connectivity index (χ1n) is 3.75. The van der Waals surface area contributed by atoms with Crippen LogP contribution in [0.2, 0.25) is 0 Å². The lowest BCUT2D eigenvalue weighted by Crippen LogP contribution is -1.98. The van der Waals surface area contributed by atoms with Crippen molar-refractivity contribution in [3.63, 3.8) is 0 Å². The van der Waals surface area contributed by atoms with Gasteiger partial charge in [0.1, 0.15) is 0 Å². The molecule has 12 heavy (non-hydrogen) atoms. The summed E-state index contributed by atoms with van der Waals surface area (Å²) in [5.74, 6) is 0.978. The van der Waals surface area contributed by atoms with E-state index in [1.165, 1.54) is 0 Å². The van der Waals surface area contributed by atoms with Gasteiger partial charge in [-0.05, 0) is 24.6 Å². The molecule has 0 aliphatic carbocycles. The highest BCUT2D eigenvalue weighted by molar-refractivity contribution is 7.85. The van der Waals surface area contributed by atoms with Crippen LogP contribution in [-0.4, -0.2) is 15.8 Å². The molecule has 0 heterocycles. The maximum absolute atomic E-state index is 11.4. The van der Waals surface area contributed by atoms with Crippen LogP contribution in [0.15, 0.2) is 29.2 Å². The van der Waals surface area contributed by atoms with Crippen LogP contribution in [0.3, 0.4) is 0 Å². The smallest absolute Gasteiger partial charge is 0.0541 e. The van der Waals surface area contributed by atoms with Crippen LogP contribution in [0, 0.1) is 6.92 Å². The monoisotopic (exact) mass is 202 g/mol. The third kappa shape index (κ3) is 2.61. The first kappa shape index (κ1) is 9.75. The summed E-state index contributed by atoms with van der Waals surface area (Å²) in [7, 11) is -0.926. The van der Waals surface area contributed by atoms with E-state index >= 15 is 0 Å². The van der Waals surface area contributed by atoms with Crippen molar-refractivity contribution in [2.24, 2.45) is 0 Å². The lowest BCUT2D eigenvalue weighted by molar-refractivity contribution is 0.684. The molecule has 1 nitrogen and oxygen atoms in total. The molecule has 0 N–H and O–H groups in total. The molecule has 66 valence electrons. The maximum atomic E-state index is 11.4. The fourth-order valence-electron chi connectivity index (χ4n) is 0.945. The molecule has 0 saturated carbocycles. The maximum Gasteiger partial charge on any atom is 0.0541 e. The van der Waals surface area contributed by atoms with Crippen LogP contribution in [0.1, 0.15) is 5.56 Å². The van der Waals surface area contributed by atoms with E-state index in [9.17, 15) is 4.21 Å². The van der Waals surface area contributed by atoms with Crippen LogP contribution in [0.4, 0.5) is 0 Å². The highest BCUT2D eigenvalue weighted by Crippen LogP contribution is 2.09. The Morgan fingerprint density at radius 1 is 1.50 bits per heavy atom. The Hall–Kier alpha value is -0.340. The van der Waals surface area contributed by atoms with E-state index in [0.29, 0.717) is 11.6 Å². The van der Waals surface area contributed by atoms with Crippen molar-refractivity contribution in [1.82, 2.24) is 0 Å². The Morgan fingerprint density at radius 2 is 2.25 bits per heavy atom. The highest BCUT2D eigenvalue weighted by Gasteiger charge is 2.01. The van der Waals surface area contributed by atoms with Gasteiger partial charge in [-0.15, -0.1) is 11.6 Å². The van der Waals surface area contributed by atoms with Gasteiger partial charge in [0.15, 0.2) is 0 Å². The molecule has 0 radical (unpaired) electrons. The Labute approximate surface area is 80.2 Å². The van der Waals surface area contributed by atoms with Gasteiger partial charge in [-0.1, -0.05) is 12.1 Å². The van der Waals surface area contributed by atoms with Crippen LogP contribution >= 0.6 is 11.6 Å². The Balaban J connectivity index is 2.81. The van der Waals surface area contributed by atoms with Crippen LogP contribution < -0.4 is 0 Å². The molecule has 0 saturated heterocycles. The van der Waals surface area contributed by atoms with Crippen molar-refractivity contribution in [3.05, 3.63) is 29.8 Å². The Kier molecular flexibility index (Phi) is 3.76. The molecular weight excluding hydrogens is 192 g/mol. The molecular formula is C9H11ClOS. The van der Waals surface area contributed by atoms with E-state index in [0.717, 1.165) is 10.5 Å². The van der Waals surface area contributed by atoms with E-state index < -0.39 is 10.8 Å². The predicted molar refractivity (Wildman–Crippen MR) is 53.2 cm³/mol. The number of hydrogen-bond donors (Lipinski definition) is 0. The van der Waals surface area contributed by atoms with E-state index in [4.69, 9.17) is 11.6 Å². The van der Waals surface area contributed by atoms with Gasteiger partial charge in [-0.25, -0.2) is 0 Å². The second kappa shape index (κ2) is 4.63. The van der Waals surface area contributed by atoms with Crippen LogP contribution in [0.5, 0.6) is 0 Å². The zero-order valence-electron chi connectivity index (χ0n) is 6.92. The van der Waals surface area contributed by atoms with Gasteiger partial charge in [0.25, 0.3) is 0 Å². The number of alkyl halides is 1. The fraction of sp³-hybridized carbons (Fsp3) is 0.333. The van der Waals surface area contributed by atoms with Gasteiger partial charge in [-0.3, -0.25) is 4.21 Å². The minimum absolute atomic E-state index is 0.445. The molecule has 1 unspecified atom stereocenters. The van der Waals surface area contributed by atoms with E-state index in [-0.39, 0.29) is 0 Å². The van der Waals surface area contributed by atoms with Crippen molar-refractivity contribution in [3.8, 4) is 0 Å². The first-order valence-corrected chi connectivity index (χ1v) is 5.60. The molecule has 0 fully saturated rings. The second-order valence-corrected chi connectivity index (χ2v) is 4.50. The molecule has 3 heteroatoms. The van der Waals surface area contributed by atoms with Crippen molar-refractivity contribution in [2.45, 2.75) is 11.8 Å². The quantitative estimate of drug-likeness (QED) is 0.688. The van der Waals surface area contributed by atoms with Gasteiger partial charge in [-0.2, -0.15) is 0 Å². The number of aryl methyl sites for hydroxylation is 1. The third-order valence-electron chi connectivity index (χ3n) is 1.51. The van der Waals surface area contributed by atoms with E-state index in [1.54, 1.807) is 0 Å². The molecule has 0 spiro atoms. The summed E-state index contributed by atoms with van der Waals surface area (Å²) in [5, 5.41) is 0. The lowest BCUT2D eigenvalue weighted by Gasteiger charge is -1.99. The average molecular weight is 203 g/mol. The van der Waals surface area contributed by atoms with Crippen molar-refractivity contribution in [2.75, 3.05) is 11.6 Å². The molecule has 0 aliphatic rings. The van der Waals surface area contributed by atoms with E-state index in [2.05, 4.69) is 0 Å². The molecule has 1 aromatic rings. The Morgan fingerprint density at radius 3 is 2.83 bits per heavy atom. The van der Waals surface area contributed by atoms with Gasteiger partial charge >= 0.3 is 0 Å². The summed E-state index contributed by atoms with van der Waals surface area (Å²) in [6.07, 6.45) is 0. The van der Waals surface area contributed by atoms with Crippen LogP contribution in [0.25, 0.3) is 0 Å². The predicted octanol–water partition coefficient (Wildman–Crippen LogP) is 2.34. The summed E-state index contributed by atoms with van der Waals surface area (Å²) >= 11 is 5.49. The van der Waals surface area contributed by atoms with Crippen molar-refractivity contribution in [1.29, 1.82) is 0 Å². The van der Waals surface area contributed by atoms with Gasteiger partial charge in [0, 0.05) is 16.5 Å². The normalized spacial score (nSPS) is 12.8. The molecule has 1 aromatic carbocycles. The molecule has 1 rings (SSSR count). The molecule has 0 aliphatic heterocycles. The lowest BCUT2D eigenvalue weighted by atomic mass is 10.2. The van der Waals surface area contributed by atoms with Crippen molar-refractivity contribution < 1.29 is 4.21 Å². The summed E-state index contributed by atoms with van der Waals surface area (Å²) in [4.78, 5) is 0.871. The van der Waals surface area contributed by atoms with Gasteiger partial charge in [0.05, 0.1) is 10.8 Å². The first-order chi connectivity index (χ1) is 5.74. The molecule has 0 bridgehead atoms. The average Bonchev–Trinajstić information content (AvgIpc) is 2.05. The summed E-state index contributed by atoms with van der Waals surface area (Å²) in [6.45, 7) is 1.99.